The summed E-state index contributed by atoms with van der Waals surface area (Å²) in [5.74, 6) is -0.782. The van der Waals surface area contributed by atoms with Gasteiger partial charge in [0.15, 0.2) is 0 Å². The highest BCUT2D eigenvalue weighted by Gasteiger charge is 2.29. The van der Waals surface area contributed by atoms with Gasteiger partial charge in [0.2, 0.25) is 0 Å². The highest BCUT2D eigenvalue weighted by atomic mass is 16.4. The fraction of sp³-hybridized carbons (Fsp3) is 0.591. The van der Waals surface area contributed by atoms with Crippen molar-refractivity contribution in [3.8, 4) is 0 Å². The molecule has 0 aromatic heterocycles. The molecule has 4 nitrogen and oxygen atoms in total. The van der Waals surface area contributed by atoms with Crippen molar-refractivity contribution in [1.82, 2.24) is 9.80 Å². The van der Waals surface area contributed by atoms with Crippen LogP contribution in [0.2, 0.25) is 0 Å². The largest absolute Gasteiger partial charge is 0.480 e. The summed E-state index contributed by atoms with van der Waals surface area (Å²) in [4.78, 5) is 15.8. The molecule has 1 heterocycles. The van der Waals surface area contributed by atoms with Crippen LogP contribution in [0.5, 0.6) is 0 Å². The van der Waals surface area contributed by atoms with Gasteiger partial charge >= 0.3 is 5.97 Å². The molecular weight excluding hydrogens is 324 g/mol. The van der Waals surface area contributed by atoms with Crippen LogP contribution in [0.25, 0.3) is 0 Å². The van der Waals surface area contributed by atoms with E-state index in [0.29, 0.717) is 0 Å². The van der Waals surface area contributed by atoms with E-state index in [2.05, 4.69) is 25.3 Å². The first-order chi connectivity index (χ1) is 12.5. The van der Waals surface area contributed by atoms with E-state index in [-0.39, 0.29) is 0 Å². The van der Waals surface area contributed by atoms with Crippen molar-refractivity contribution in [2.45, 2.75) is 60.9 Å². The molecule has 1 unspecified atom stereocenters. The molecule has 4 heteroatoms. The number of benzene rings is 1. The minimum Gasteiger partial charge on any atom is -0.480 e. The number of rotatable bonds is 4. The predicted molar refractivity (Wildman–Crippen MR) is 113 cm³/mol. The first-order valence-corrected chi connectivity index (χ1v) is 9.93. The highest BCUT2D eigenvalue weighted by Crippen LogP contribution is 2.23. The van der Waals surface area contributed by atoms with Gasteiger partial charge in [-0.3, -0.25) is 9.69 Å². The Kier molecular flexibility index (Phi) is 16.9. The Bertz CT molecular complexity index is 466. The molecule has 1 aliphatic rings. The highest BCUT2D eigenvalue weighted by molar-refractivity contribution is 5.75. The lowest BCUT2D eigenvalue weighted by atomic mass is 10.0. The molecule has 0 saturated carbocycles. The Morgan fingerprint density at radius 3 is 1.81 bits per heavy atom. The van der Waals surface area contributed by atoms with Gasteiger partial charge in [-0.15, -0.1) is 0 Å². The van der Waals surface area contributed by atoms with Crippen molar-refractivity contribution in [1.29, 1.82) is 0 Å². The zero-order valence-electron chi connectivity index (χ0n) is 18.0. The molecule has 26 heavy (non-hydrogen) atoms. The van der Waals surface area contributed by atoms with Crippen LogP contribution in [0.4, 0.5) is 0 Å². The van der Waals surface area contributed by atoms with Crippen molar-refractivity contribution >= 4 is 5.97 Å². The van der Waals surface area contributed by atoms with E-state index in [9.17, 15) is 9.90 Å². The van der Waals surface area contributed by atoms with E-state index in [0.717, 1.165) is 37.4 Å². The molecule has 1 saturated heterocycles. The van der Waals surface area contributed by atoms with Crippen LogP contribution in [0.1, 0.15) is 66.5 Å². The normalized spacial score (nSPS) is 14.3. The summed E-state index contributed by atoms with van der Waals surface area (Å²) in [6.07, 6.45) is 1.25. The van der Waals surface area contributed by atoms with Gasteiger partial charge < -0.3 is 10.0 Å². The number of carboxylic acid groups (broad SMARTS) is 1. The molecule has 0 spiro atoms. The van der Waals surface area contributed by atoms with Crippen LogP contribution in [0.3, 0.4) is 0 Å². The maximum atomic E-state index is 11.5. The molecule has 1 aromatic carbocycles. The lowest BCUT2D eigenvalue weighted by Crippen LogP contribution is -2.48. The van der Waals surface area contributed by atoms with E-state index >= 15 is 0 Å². The Morgan fingerprint density at radius 1 is 1.04 bits per heavy atom. The van der Waals surface area contributed by atoms with E-state index in [4.69, 9.17) is 0 Å². The first-order valence-electron chi connectivity index (χ1n) is 9.93. The number of hydrogen-bond acceptors (Lipinski definition) is 3. The number of carboxylic acids is 1. The van der Waals surface area contributed by atoms with Crippen LogP contribution in [0.15, 0.2) is 42.6 Å². The Balaban J connectivity index is 0. The van der Waals surface area contributed by atoms with Gasteiger partial charge in [-0.1, -0.05) is 84.9 Å². The summed E-state index contributed by atoms with van der Waals surface area (Å²) in [6.45, 7) is 21.3. The van der Waals surface area contributed by atoms with Crippen molar-refractivity contribution in [2.24, 2.45) is 0 Å². The molecule has 1 aliphatic heterocycles. The molecule has 0 bridgehead atoms. The molecule has 1 N–H and O–H groups in total. The third-order valence-corrected chi connectivity index (χ3v) is 3.57. The zero-order valence-corrected chi connectivity index (χ0v) is 18.0. The minimum absolute atomic E-state index is 0.548. The molecular formula is C22H40N2O2. The molecule has 2 rings (SSSR count). The minimum atomic E-state index is -0.782. The van der Waals surface area contributed by atoms with E-state index < -0.39 is 12.0 Å². The van der Waals surface area contributed by atoms with Crippen LogP contribution in [-0.2, 0) is 4.79 Å². The number of carbonyl (C=O) groups is 1. The molecule has 1 atom stereocenters. The van der Waals surface area contributed by atoms with E-state index in [1.165, 1.54) is 6.42 Å². The van der Waals surface area contributed by atoms with Gasteiger partial charge in [-0.2, -0.15) is 0 Å². The number of nitrogens with zero attached hydrogens (tertiary/aromatic N) is 2. The number of aliphatic carboxylic acids is 1. The number of piperazine rings is 1. The van der Waals surface area contributed by atoms with Gasteiger partial charge in [0.05, 0.1) is 0 Å². The third kappa shape index (κ3) is 9.62. The van der Waals surface area contributed by atoms with Gasteiger partial charge in [-0.05, 0) is 12.5 Å². The summed E-state index contributed by atoms with van der Waals surface area (Å²) in [5, 5.41) is 9.48. The predicted octanol–water partition coefficient (Wildman–Crippen LogP) is 5.43. The maximum absolute atomic E-state index is 11.5. The van der Waals surface area contributed by atoms with Gasteiger partial charge in [0.25, 0.3) is 0 Å². The standard InChI is InChI=1S/C15H20N2O2.C3H8.2C2H6/c1-12(2)16-8-10-17(11-9-16)14(15(18)19)13-6-4-3-5-7-13;1-3-2;2*1-2/h3-7,14H,1,8-11H2,2H3,(H,18,19);3H2,1-2H3;2*1-2H3. The summed E-state index contributed by atoms with van der Waals surface area (Å²) in [7, 11) is 0. The quantitative estimate of drug-likeness (QED) is 0.773. The maximum Gasteiger partial charge on any atom is 0.325 e. The third-order valence-electron chi connectivity index (χ3n) is 3.57. The van der Waals surface area contributed by atoms with Crippen LogP contribution < -0.4 is 0 Å². The van der Waals surface area contributed by atoms with Crippen molar-refractivity contribution in [3.63, 3.8) is 0 Å². The fourth-order valence-corrected chi connectivity index (χ4v) is 2.51. The average Bonchev–Trinajstić information content (AvgIpc) is 2.67. The van der Waals surface area contributed by atoms with Crippen LogP contribution in [0, 0.1) is 0 Å². The molecule has 1 fully saturated rings. The summed E-state index contributed by atoms with van der Waals surface area (Å²) >= 11 is 0. The number of allylic oxidation sites excluding steroid dienone is 1. The summed E-state index contributed by atoms with van der Waals surface area (Å²) in [5.41, 5.74) is 1.89. The molecule has 0 aliphatic carbocycles. The monoisotopic (exact) mass is 364 g/mol. The van der Waals surface area contributed by atoms with Gasteiger partial charge in [0, 0.05) is 31.9 Å². The van der Waals surface area contributed by atoms with E-state index in [1.807, 2.05) is 69.9 Å². The van der Waals surface area contributed by atoms with Crippen LogP contribution in [-0.4, -0.2) is 47.1 Å². The van der Waals surface area contributed by atoms with Crippen molar-refractivity contribution < 1.29 is 9.90 Å². The van der Waals surface area contributed by atoms with Crippen molar-refractivity contribution in [2.75, 3.05) is 26.2 Å². The Hall–Kier alpha value is -1.81. The number of hydrogen-bond donors (Lipinski definition) is 1. The smallest absolute Gasteiger partial charge is 0.325 e. The topological polar surface area (TPSA) is 43.8 Å². The Labute approximate surface area is 161 Å². The second kappa shape index (κ2) is 16.6. The fourth-order valence-electron chi connectivity index (χ4n) is 2.51. The molecule has 0 radical (unpaired) electrons. The lowest BCUT2D eigenvalue weighted by Gasteiger charge is -2.39. The summed E-state index contributed by atoms with van der Waals surface area (Å²) < 4.78 is 0. The van der Waals surface area contributed by atoms with Gasteiger partial charge in [0.1, 0.15) is 6.04 Å². The molecule has 150 valence electrons. The molecule has 1 aromatic rings. The Morgan fingerprint density at radius 2 is 1.46 bits per heavy atom. The first kappa shape index (κ1) is 26.4. The lowest BCUT2D eigenvalue weighted by molar-refractivity contribution is -0.144. The van der Waals surface area contributed by atoms with Crippen LogP contribution >= 0.6 is 0 Å². The SMILES string of the molecule is C=C(C)N1CCN(C(C(=O)O)c2ccccc2)CC1.CC.CC.CCC. The van der Waals surface area contributed by atoms with Crippen molar-refractivity contribution in [3.05, 3.63) is 48.2 Å². The molecule has 0 amide bonds. The second-order valence-corrected chi connectivity index (χ2v) is 5.62. The second-order valence-electron chi connectivity index (χ2n) is 5.62. The summed E-state index contributed by atoms with van der Waals surface area (Å²) in [6, 6.07) is 8.88. The average molecular weight is 365 g/mol. The van der Waals surface area contributed by atoms with E-state index in [1.54, 1.807) is 0 Å². The van der Waals surface area contributed by atoms with Gasteiger partial charge in [-0.25, -0.2) is 0 Å². The zero-order chi connectivity index (χ0) is 20.5.